The van der Waals surface area contributed by atoms with Gasteiger partial charge in [0.2, 0.25) is 10.0 Å². The second kappa shape index (κ2) is 6.38. The minimum absolute atomic E-state index is 0.0775. The number of sulfonamides is 1. The number of halogens is 1. The SMILES string of the molecule is COC(C)(C)CNS(=O)(=O)c1cnn(-c2ccc(F)cc2)c1C. The third-order valence-corrected chi connectivity index (χ3v) is 5.07. The van der Waals surface area contributed by atoms with E-state index < -0.39 is 15.6 Å². The van der Waals surface area contributed by atoms with Gasteiger partial charge in [-0.1, -0.05) is 0 Å². The highest BCUT2D eigenvalue weighted by Gasteiger charge is 2.25. The molecule has 1 aromatic heterocycles. The quantitative estimate of drug-likeness (QED) is 0.872. The lowest BCUT2D eigenvalue weighted by Crippen LogP contribution is -2.39. The van der Waals surface area contributed by atoms with Gasteiger partial charge in [-0.2, -0.15) is 5.10 Å². The van der Waals surface area contributed by atoms with Crippen molar-refractivity contribution in [2.45, 2.75) is 31.3 Å². The highest BCUT2D eigenvalue weighted by atomic mass is 32.2. The lowest BCUT2D eigenvalue weighted by molar-refractivity contribution is 0.0276. The third kappa shape index (κ3) is 3.95. The van der Waals surface area contributed by atoms with Gasteiger partial charge in [-0.15, -0.1) is 0 Å². The molecule has 1 N–H and O–H groups in total. The van der Waals surface area contributed by atoms with Gasteiger partial charge in [-0.05, 0) is 45.0 Å². The Kier molecular flexibility index (Phi) is 4.88. The number of hydrogen-bond acceptors (Lipinski definition) is 4. The Morgan fingerprint density at radius 1 is 1.30 bits per heavy atom. The predicted octanol–water partition coefficient (Wildman–Crippen LogP) is 2.02. The lowest BCUT2D eigenvalue weighted by atomic mass is 10.1. The van der Waals surface area contributed by atoms with Crippen molar-refractivity contribution in [3.05, 3.63) is 42.0 Å². The highest BCUT2D eigenvalue weighted by Crippen LogP contribution is 2.19. The fourth-order valence-corrected chi connectivity index (χ4v) is 3.27. The summed E-state index contributed by atoms with van der Waals surface area (Å²) in [6.45, 7) is 5.34. The van der Waals surface area contributed by atoms with Crippen LogP contribution < -0.4 is 4.72 Å². The Labute approximate surface area is 135 Å². The number of aromatic nitrogens is 2. The van der Waals surface area contributed by atoms with Crippen LogP contribution in [-0.2, 0) is 14.8 Å². The number of rotatable bonds is 6. The van der Waals surface area contributed by atoms with Crippen LogP contribution in [0.25, 0.3) is 5.69 Å². The summed E-state index contributed by atoms with van der Waals surface area (Å²) in [7, 11) is -2.20. The minimum atomic E-state index is -3.72. The molecule has 1 aromatic carbocycles. The third-order valence-electron chi connectivity index (χ3n) is 3.57. The van der Waals surface area contributed by atoms with E-state index in [9.17, 15) is 12.8 Å². The minimum Gasteiger partial charge on any atom is -0.377 e. The van der Waals surface area contributed by atoms with Gasteiger partial charge in [0.1, 0.15) is 10.7 Å². The van der Waals surface area contributed by atoms with Gasteiger partial charge in [0.05, 0.1) is 23.2 Å². The highest BCUT2D eigenvalue weighted by molar-refractivity contribution is 7.89. The summed E-state index contributed by atoms with van der Waals surface area (Å²) in [6.07, 6.45) is 1.28. The maximum atomic E-state index is 13.0. The molecule has 0 radical (unpaired) electrons. The summed E-state index contributed by atoms with van der Waals surface area (Å²) in [5.74, 6) is -0.366. The van der Waals surface area contributed by atoms with Crippen LogP contribution in [-0.4, -0.2) is 37.5 Å². The molecular formula is C15H20FN3O3S. The van der Waals surface area contributed by atoms with E-state index in [1.54, 1.807) is 20.8 Å². The maximum Gasteiger partial charge on any atom is 0.244 e. The summed E-state index contributed by atoms with van der Waals surface area (Å²) in [4.78, 5) is 0.0775. The van der Waals surface area contributed by atoms with Gasteiger partial charge in [0.25, 0.3) is 0 Å². The molecular weight excluding hydrogens is 321 g/mol. The van der Waals surface area contributed by atoms with Crippen molar-refractivity contribution in [1.82, 2.24) is 14.5 Å². The van der Waals surface area contributed by atoms with Gasteiger partial charge < -0.3 is 4.74 Å². The largest absolute Gasteiger partial charge is 0.377 e. The molecule has 8 heteroatoms. The molecule has 6 nitrogen and oxygen atoms in total. The Morgan fingerprint density at radius 2 is 1.91 bits per heavy atom. The van der Waals surface area contributed by atoms with Crippen molar-refractivity contribution >= 4 is 10.0 Å². The van der Waals surface area contributed by atoms with Crippen LogP contribution in [0.15, 0.2) is 35.4 Å². The maximum absolute atomic E-state index is 13.0. The van der Waals surface area contributed by atoms with Crippen molar-refractivity contribution in [1.29, 1.82) is 0 Å². The number of nitrogens with zero attached hydrogens (tertiary/aromatic N) is 2. The smallest absolute Gasteiger partial charge is 0.244 e. The van der Waals surface area contributed by atoms with E-state index in [0.29, 0.717) is 11.4 Å². The number of benzene rings is 1. The Bertz CT molecular complexity index is 783. The number of methoxy groups -OCH3 is 1. The summed E-state index contributed by atoms with van der Waals surface area (Å²) in [6, 6.07) is 5.66. The van der Waals surface area contributed by atoms with E-state index >= 15 is 0 Å². The molecule has 23 heavy (non-hydrogen) atoms. The van der Waals surface area contributed by atoms with Gasteiger partial charge in [0.15, 0.2) is 0 Å². The zero-order valence-electron chi connectivity index (χ0n) is 13.5. The Balaban J connectivity index is 2.29. The summed E-state index contributed by atoms with van der Waals surface area (Å²) < 4.78 is 47.0. The molecule has 2 rings (SSSR count). The van der Waals surface area contributed by atoms with Crippen LogP contribution in [0.3, 0.4) is 0 Å². The van der Waals surface area contributed by atoms with Gasteiger partial charge in [-0.3, -0.25) is 0 Å². The molecule has 0 spiro atoms. The molecule has 0 saturated carbocycles. The molecule has 126 valence electrons. The number of ether oxygens (including phenoxy) is 1. The Hall–Kier alpha value is -1.77. The second-order valence-corrected chi connectivity index (χ2v) is 7.51. The molecule has 0 saturated heterocycles. The summed E-state index contributed by atoms with van der Waals surface area (Å²) in [5, 5.41) is 4.09. The normalized spacial score (nSPS) is 12.6. The molecule has 0 aliphatic heterocycles. The molecule has 0 atom stereocenters. The number of nitrogens with one attached hydrogen (secondary N) is 1. The Morgan fingerprint density at radius 3 is 2.48 bits per heavy atom. The van der Waals surface area contributed by atoms with Crippen LogP contribution in [0.1, 0.15) is 19.5 Å². The number of hydrogen-bond donors (Lipinski definition) is 1. The van der Waals surface area contributed by atoms with Crippen LogP contribution in [0, 0.1) is 12.7 Å². The average Bonchev–Trinajstić information content (AvgIpc) is 2.89. The van der Waals surface area contributed by atoms with E-state index in [0.717, 1.165) is 0 Å². The monoisotopic (exact) mass is 341 g/mol. The molecule has 0 unspecified atom stereocenters. The summed E-state index contributed by atoms with van der Waals surface area (Å²) in [5.41, 5.74) is 0.412. The topological polar surface area (TPSA) is 73.2 Å². The van der Waals surface area contributed by atoms with Crippen LogP contribution in [0.2, 0.25) is 0 Å². The molecule has 0 aliphatic rings. The zero-order valence-corrected chi connectivity index (χ0v) is 14.3. The zero-order chi connectivity index (χ0) is 17.3. The standard InChI is InChI=1S/C15H20FN3O3S/c1-11-14(23(20,21)18-10-15(2,3)22-4)9-17-19(11)13-7-5-12(16)6-8-13/h5-9,18H,10H2,1-4H3. The molecule has 2 aromatic rings. The predicted molar refractivity (Wildman–Crippen MR) is 84.5 cm³/mol. The van der Waals surface area contributed by atoms with E-state index in [4.69, 9.17) is 4.74 Å². The van der Waals surface area contributed by atoms with Crippen LogP contribution in [0.4, 0.5) is 4.39 Å². The van der Waals surface area contributed by atoms with Gasteiger partial charge >= 0.3 is 0 Å². The van der Waals surface area contributed by atoms with Crippen molar-refractivity contribution in [3.8, 4) is 5.69 Å². The van der Waals surface area contributed by atoms with E-state index in [-0.39, 0.29) is 17.3 Å². The molecule has 0 bridgehead atoms. The fraction of sp³-hybridized carbons (Fsp3) is 0.400. The van der Waals surface area contributed by atoms with Crippen molar-refractivity contribution < 1.29 is 17.5 Å². The van der Waals surface area contributed by atoms with Crippen molar-refractivity contribution in [2.75, 3.05) is 13.7 Å². The van der Waals surface area contributed by atoms with E-state index in [1.165, 1.54) is 42.3 Å². The molecule has 0 aliphatic carbocycles. The first kappa shape index (κ1) is 17.6. The first-order chi connectivity index (χ1) is 10.7. The average molecular weight is 341 g/mol. The van der Waals surface area contributed by atoms with Crippen LogP contribution in [0.5, 0.6) is 0 Å². The fourth-order valence-electron chi connectivity index (χ4n) is 1.92. The van der Waals surface area contributed by atoms with Crippen molar-refractivity contribution in [2.24, 2.45) is 0 Å². The van der Waals surface area contributed by atoms with E-state index in [1.807, 2.05) is 0 Å². The van der Waals surface area contributed by atoms with Gasteiger partial charge in [-0.25, -0.2) is 22.2 Å². The molecule has 0 fully saturated rings. The summed E-state index contributed by atoms with van der Waals surface area (Å²) >= 11 is 0. The molecule has 0 amide bonds. The lowest BCUT2D eigenvalue weighted by Gasteiger charge is -2.22. The van der Waals surface area contributed by atoms with Crippen molar-refractivity contribution in [3.63, 3.8) is 0 Å². The molecule has 1 heterocycles. The second-order valence-electron chi connectivity index (χ2n) is 5.77. The first-order valence-corrected chi connectivity index (χ1v) is 8.50. The van der Waals surface area contributed by atoms with Gasteiger partial charge in [0, 0.05) is 13.7 Å². The van der Waals surface area contributed by atoms with E-state index in [2.05, 4.69) is 9.82 Å². The van der Waals surface area contributed by atoms with Crippen LogP contribution >= 0.6 is 0 Å². The first-order valence-electron chi connectivity index (χ1n) is 7.02.